The molecule has 1 aliphatic rings. The quantitative estimate of drug-likeness (QED) is 0.148. The van der Waals surface area contributed by atoms with E-state index in [4.69, 9.17) is 9.47 Å². The van der Waals surface area contributed by atoms with Gasteiger partial charge in [-0.05, 0) is 133 Å². The Morgan fingerprint density at radius 2 is 1.61 bits per heavy atom. The highest BCUT2D eigenvalue weighted by Gasteiger charge is 2.24. The van der Waals surface area contributed by atoms with Gasteiger partial charge in [0, 0.05) is 9.13 Å². The maximum absolute atomic E-state index is 12.4. The van der Waals surface area contributed by atoms with Gasteiger partial charge in [0.25, 0.3) is 0 Å². The standard InChI is InChI=1S/C26H20I3NO3/c1-15(2)18-5-7-19(8-6-18)25-30-23(26(31)33-25)13-17-11-21(28)24(22(29)12-17)32-14-16-3-9-20(27)10-4-16/h3-13,15H,14H2,1-2H3/b23-13-. The molecule has 0 saturated heterocycles. The van der Waals surface area contributed by atoms with Gasteiger partial charge in [-0.15, -0.1) is 0 Å². The first-order chi connectivity index (χ1) is 15.8. The van der Waals surface area contributed by atoms with E-state index in [1.54, 1.807) is 6.08 Å². The second kappa shape index (κ2) is 10.9. The predicted molar refractivity (Wildman–Crippen MR) is 157 cm³/mol. The van der Waals surface area contributed by atoms with Crippen LogP contribution in [0.15, 0.2) is 71.4 Å². The van der Waals surface area contributed by atoms with Gasteiger partial charge in [0.2, 0.25) is 5.90 Å². The number of cyclic esters (lactones) is 1. The van der Waals surface area contributed by atoms with Crippen LogP contribution in [0.3, 0.4) is 0 Å². The fraction of sp³-hybridized carbons (Fsp3) is 0.154. The van der Waals surface area contributed by atoms with Gasteiger partial charge in [0.15, 0.2) is 5.70 Å². The average Bonchev–Trinajstić information content (AvgIpc) is 3.14. The SMILES string of the molecule is CC(C)c1ccc(C2=N/C(=C\c3cc(I)c(OCc4ccc(I)cc4)c(I)c3)C(=O)O2)cc1. The number of rotatable bonds is 6. The second-order valence-electron chi connectivity index (χ2n) is 7.84. The van der Waals surface area contributed by atoms with E-state index in [1.807, 2.05) is 36.4 Å². The summed E-state index contributed by atoms with van der Waals surface area (Å²) in [6.07, 6.45) is 1.76. The Labute approximate surface area is 234 Å². The van der Waals surface area contributed by atoms with Gasteiger partial charge in [-0.1, -0.05) is 38.1 Å². The highest BCUT2D eigenvalue weighted by atomic mass is 127. The number of ether oxygens (including phenoxy) is 2. The van der Waals surface area contributed by atoms with E-state index in [0.29, 0.717) is 18.4 Å². The van der Waals surface area contributed by atoms with E-state index < -0.39 is 5.97 Å². The lowest BCUT2D eigenvalue weighted by atomic mass is 10.0. The van der Waals surface area contributed by atoms with Gasteiger partial charge in [-0.2, -0.15) is 0 Å². The van der Waals surface area contributed by atoms with Crippen molar-refractivity contribution in [1.29, 1.82) is 0 Å². The molecule has 0 aromatic heterocycles. The van der Waals surface area contributed by atoms with Crippen molar-refractivity contribution in [2.45, 2.75) is 26.4 Å². The first-order valence-electron chi connectivity index (χ1n) is 10.3. The Hall–Kier alpha value is -1.47. The zero-order valence-electron chi connectivity index (χ0n) is 17.9. The molecule has 0 fully saturated rings. The zero-order valence-corrected chi connectivity index (χ0v) is 24.4. The van der Waals surface area contributed by atoms with Gasteiger partial charge in [-0.3, -0.25) is 0 Å². The number of carbonyl (C=O) groups excluding carboxylic acids is 1. The molecule has 1 aliphatic heterocycles. The summed E-state index contributed by atoms with van der Waals surface area (Å²) in [5.41, 5.74) is 4.30. The molecule has 0 unspecified atom stereocenters. The number of halogens is 3. The van der Waals surface area contributed by atoms with Crippen LogP contribution in [0.4, 0.5) is 0 Å². The Balaban J connectivity index is 1.53. The summed E-state index contributed by atoms with van der Waals surface area (Å²) in [5, 5.41) is 0. The Morgan fingerprint density at radius 1 is 0.970 bits per heavy atom. The molecular formula is C26H20I3NO3. The number of benzene rings is 3. The summed E-state index contributed by atoms with van der Waals surface area (Å²) < 4.78 is 14.6. The smallest absolute Gasteiger partial charge is 0.363 e. The molecule has 0 N–H and O–H groups in total. The van der Waals surface area contributed by atoms with Crippen LogP contribution in [0.5, 0.6) is 5.75 Å². The molecule has 0 saturated carbocycles. The fourth-order valence-corrected chi connectivity index (χ4v) is 5.73. The van der Waals surface area contributed by atoms with E-state index in [1.165, 1.54) is 9.13 Å². The van der Waals surface area contributed by atoms with E-state index in [9.17, 15) is 4.79 Å². The topological polar surface area (TPSA) is 47.9 Å². The lowest BCUT2D eigenvalue weighted by molar-refractivity contribution is -0.129. The first-order valence-corrected chi connectivity index (χ1v) is 13.5. The van der Waals surface area contributed by atoms with E-state index in [0.717, 1.165) is 29.6 Å². The van der Waals surface area contributed by atoms with Crippen molar-refractivity contribution in [3.8, 4) is 5.75 Å². The van der Waals surface area contributed by atoms with Crippen LogP contribution in [0, 0.1) is 10.7 Å². The highest BCUT2D eigenvalue weighted by molar-refractivity contribution is 14.1. The molecule has 0 atom stereocenters. The third-order valence-corrected chi connectivity index (χ3v) is 7.39. The summed E-state index contributed by atoms with van der Waals surface area (Å²) >= 11 is 6.81. The van der Waals surface area contributed by atoms with Crippen molar-refractivity contribution in [3.63, 3.8) is 0 Å². The van der Waals surface area contributed by atoms with Crippen LogP contribution in [-0.2, 0) is 16.1 Å². The van der Waals surface area contributed by atoms with Crippen LogP contribution in [-0.4, -0.2) is 11.9 Å². The highest BCUT2D eigenvalue weighted by Crippen LogP contribution is 2.31. The number of esters is 1. The lowest BCUT2D eigenvalue weighted by Gasteiger charge is -2.11. The normalized spacial score (nSPS) is 14.5. The molecule has 0 spiro atoms. The van der Waals surface area contributed by atoms with Gasteiger partial charge in [0.1, 0.15) is 12.4 Å². The average molecular weight is 775 g/mol. The maximum atomic E-state index is 12.4. The van der Waals surface area contributed by atoms with E-state index >= 15 is 0 Å². The van der Waals surface area contributed by atoms with Crippen LogP contribution >= 0.6 is 67.8 Å². The molecule has 168 valence electrons. The second-order valence-corrected chi connectivity index (χ2v) is 11.4. The number of nitrogens with zero attached hydrogens (tertiary/aromatic N) is 1. The van der Waals surface area contributed by atoms with Crippen LogP contribution in [0.2, 0.25) is 0 Å². The molecule has 3 aromatic carbocycles. The first kappa shape index (κ1) is 24.6. The number of carbonyl (C=O) groups is 1. The summed E-state index contributed by atoms with van der Waals surface area (Å²) in [6.45, 7) is 4.79. The molecule has 0 amide bonds. The molecule has 0 radical (unpaired) electrons. The minimum absolute atomic E-state index is 0.289. The number of aliphatic imine (C=N–C) groups is 1. The lowest BCUT2D eigenvalue weighted by Crippen LogP contribution is -2.05. The largest absolute Gasteiger partial charge is 0.487 e. The van der Waals surface area contributed by atoms with E-state index in [-0.39, 0.29) is 5.70 Å². The molecule has 0 bridgehead atoms. The Kier molecular flexibility index (Phi) is 8.11. The van der Waals surface area contributed by atoms with Crippen LogP contribution < -0.4 is 4.74 Å². The Morgan fingerprint density at radius 3 is 2.21 bits per heavy atom. The van der Waals surface area contributed by atoms with Crippen LogP contribution in [0.1, 0.15) is 42.0 Å². The number of hydrogen-bond donors (Lipinski definition) is 0. The molecule has 4 rings (SSSR count). The molecule has 33 heavy (non-hydrogen) atoms. The van der Waals surface area contributed by atoms with Crippen LogP contribution in [0.25, 0.3) is 6.08 Å². The molecular weight excluding hydrogens is 755 g/mol. The summed E-state index contributed by atoms with van der Waals surface area (Å²) in [4.78, 5) is 16.9. The molecule has 1 heterocycles. The summed E-state index contributed by atoms with van der Waals surface area (Å²) in [7, 11) is 0. The Bertz CT molecular complexity index is 1220. The van der Waals surface area contributed by atoms with Crippen molar-refractivity contribution in [2.75, 3.05) is 0 Å². The maximum Gasteiger partial charge on any atom is 0.363 e. The summed E-state index contributed by atoms with van der Waals surface area (Å²) in [5.74, 6) is 1.17. The molecule has 4 nitrogen and oxygen atoms in total. The third kappa shape index (κ3) is 6.16. The molecule has 0 aliphatic carbocycles. The zero-order chi connectivity index (χ0) is 23.5. The minimum atomic E-state index is -0.443. The van der Waals surface area contributed by atoms with Crippen molar-refractivity contribution in [2.24, 2.45) is 4.99 Å². The van der Waals surface area contributed by atoms with Gasteiger partial charge < -0.3 is 9.47 Å². The summed E-state index contributed by atoms with van der Waals surface area (Å²) in [6, 6.07) is 20.2. The predicted octanol–water partition coefficient (Wildman–Crippen LogP) is 7.55. The van der Waals surface area contributed by atoms with E-state index in [2.05, 4.69) is 111 Å². The van der Waals surface area contributed by atoms with Gasteiger partial charge >= 0.3 is 5.97 Å². The van der Waals surface area contributed by atoms with Gasteiger partial charge in [-0.25, -0.2) is 9.79 Å². The van der Waals surface area contributed by atoms with Crippen molar-refractivity contribution >= 4 is 85.7 Å². The monoisotopic (exact) mass is 775 g/mol. The third-order valence-electron chi connectivity index (χ3n) is 5.07. The molecule has 3 aromatic rings. The number of hydrogen-bond acceptors (Lipinski definition) is 4. The van der Waals surface area contributed by atoms with Crippen molar-refractivity contribution in [3.05, 3.63) is 99.3 Å². The van der Waals surface area contributed by atoms with Gasteiger partial charge in [0.05, 0.1) is 7.14 Å². The fourth-order valence-electron chi connectivity index (χ4n) is 3.24. The van der Waals surface area contributed by atoms with Crippen molar-refractivity contribution < 1.29 is 14.3 Å². The molecule has 7 heteroatoms. The van der Waals surface area contributed by atoms with Crippen molar-refractivity contribution in [1.82, 2.24) is 0 Å². The minimum Gasteiger partial charge on any atom is -0.487 e.